The Balaban J connectivity index is 1.89. The molecular weight excluding hydrogens is 328 g/mol. The van der Waals surface area contributed by atoms with Crippen molar-refractivity contribution in [3.8, 4) is 0 Å². The number of halogens is 1. The van der Waals surface area contributed by atoms with Crippen LogP contribution in [-0.2, 0) is 0 Å². The molecule has 0 bridgehead atoms. The van der Waals surface area contributed by atoms with Gasteiger partial charge in [0, 0.05) is 21.1 Å². The lowest BCUT2D eigenvalue weighted by Gasteiger charge is -2.06. The molecule has 2 heterocycles. The molecule has 5 heteroatoms. The molecule has 0 aliphatic heterocycles. The van der Waals surface area contributed by atoms with Crippen molar-refractivity contribution in [2.24, 2.45) is 0 Å². The first kappa shape index (κ1) is 12.3. The molecular formula is C16H11BrN4. The lowest BCUT2D eigenvalue weighted by atomic mass is 10.2. The molecule has 0 radical (unpaired) electrons. The minimum atomic E-state index is 0.773. The normalized spacial score (nSPS) is 11.1. The number of hydrogen-bond donors (Lipinski definition) is 2. The van der Waals surface area contributed by atoms with Crippen LogP contribution in [0, 0.1) is 0 Å². The highest BCUT2D eigenvalue weighted by atomic mass is 79.9. The number of hydrogen-bond acceptors (Lipinski definition) is 3. The van der Waals surface area contributed by atoms with Crippen LogP contribution < -0.4 is 5.32 Å². The zero-order chi connectivity index (χ0) is 14.2. The third-order valence-corrected chi connectivity index (χ3v) is 3.87. The first-order valence-corrected chi connectivity index (χ1v) is 7.34. The van der Waals surface area contributed by atoms with Crippen LogP contribution in [-0.4, -0.2) is 15.0 Å². The summed E-state index contributed by atoms with van der Waals surface area (Å²) in [6.07, 6.45) is 1.59. The minimum Gasteiger partial charge on any atom is -0.350 e. The first-order chi connectivity index (χ1) is 10.3. The summed E-state index contributed by atoms with van der Waals surface area (Å²) in [5.74, 6) is 0.773. The number of nitrogens with one attached hydrogen (secondary N) is 2. The number of para-hydroxylation sites is 1. The average Bonchev–Trinajstić information content (AvgIpc) is 2.87. The average molecular weight is 339 g/mol. The monoisotopic (exact) mass is 338 g/mol. The Morgan fingerprint density at radius 3 is 2.81 bits per heavy atom. The molecule has 0 atom stereocenters. The van der Waals surface area contributed by atoms with E-state index in [4.69, 9.17) is 0 Å². The molecule has 4 rings (SSSR count). The van der Waals surface area contributed by atoms with Gasteiger partial charge in [0.05, 0.1) is 0 Å². The molecule has 0 aliphatic rings. The Labute approximate surface area is 129 Å². The maximum Gasteiger partial charge on any atom is 0.158 e. The van der Waals surface area contributed by atoms with Gasteiger partial charge in [0.1, 0.15) is 17.4 Å². The number of H-pyrrole nitrogens is 1. The van der Waals surface area contributed by atoms with E-state index in [2.05, 4.69) is 42.3 Å². The summed E-state index contributed by atoms with van der Waals surface area (Å²) in [6.45, 7) is 0. The first-order valence-electron chi connectivity index (χ1n) is 6.55. The van der Waals surface area contributed by atoms with Gasteiger partial charge in [-0.15, -0.1) is 0 Å². The van der Waals surface area contributed by atoms with Crippen molar-refractivity contribution in [3.05, 3.63) is 59.3 Å². The Kier molecular flexibility index (Phi) is 2.86. The summed E-state index contributed by atoms with van der Waals surface area (Å²) in [5, 5.41) is 4.44. The molecule has 0 spiro atoms. The number of nitrogens with zero attached hydrogens (tertiary/aromatic N) is 2. The number of benzene rings is 2. The summed E-state index contributed by atoms with van der Waals surface area (Å²) in [5.41, 5.74) is 3.88. The molecule has 4 nitrogen and oxygen atoms in total. The van der Waals surface area contributed by atoms with Gasteiger partial charge >= 0.3 is 0 Å². The van der Waals surface area contributed by atoms with Gasteiger partial charge < -0.3 is 10.3 Å². The molecule has 0 saturated carbocycles. The largest absolute Gasteiger partial charge is 0.350 e. The van der Waals surface area contributed by atoms with Crippen LogP contribution in [0.3, 0.4) is 0 Å². The Bertz CT molecular complexity index is 945. The predicted molar refractivity (Wildman–Crippen MR) is 88.8 cm³/mol. The predicted octanol–water partition coefficient (Wildman–Crippen LogP) is 4.62. The van der Waals surface area contributed by atoms with E-state index >= 15 is 0 Å². The summed E-state index contributed by atoms with van der Waals surface area (Å²) < 4.78 is 1.02. The van der Waals surface area contributed by atoms with Crippen molar-refractivity contribution in [2.75, 3.05) is 5.32 Å². The van der Waals surface area contributed by atoms with Gasteiger partial charge in [-0.2, -0.15) is 0 Å². The number of anilines is 2. The summed E-state index contributed by atoms with van der Waals surface area (Å²) in [7, 11) is 0. The van der Waals surface area contributed by atoms with Gasteiger partial charge in [0.25, 0.3) is 0 Å². The van der Waals surface area contributed by atoms with E-state index in [-0.39, 0.29) is 0 Å². The fourth-order valence-electron chi connectivity index (χ4n) is 2.44. The van der Waals surface area contributed by atoms with Gasteiger partial charge in [-0.1, -0.05) is 40.2 Å². The van der Waals surface area contributed by atoms with E-state index in [1.54, 1.807) is 6.33 Å². The lowest BCUT2D eigenvalue weighted by molar-refractivity contribution is 1.22. The van der Waals surface area contributed by atoms with E-state index in [1.807, 2.05) is 42.5 Å². The smallest absolute Gasteiger partial charge is 0.158 e. The maximum atomic E-state index is 4.40. The van der Waals surface area contributed by atoms with E-state index in [9.17, 15) is 0 Å². The molecule has 2 aromatic heterocycles. The molecule has 21 heavy (non-hydrogen) atoms. The third-order valence-electron chi connectivity index (χ3n) is 3.38. The topological polar surface area (TPSA) is 53.6 Å². The fraction of sp³-hybridized carbons (Fsp3) is 0. The SMILES string of the molecule is Brc1cccc(Nc2ncnc3c2[nH]c2ccccc23)c1. The minimum absolute atomic E-state index is 0.773. The molecule has 4 aromatic rings. The van der Waals surface area contributed by atoms with Crippen LogP contribution in [0.1, 0.15) is 0 Å². The Morgan fingerprint density at radius 2 is 1.90 bits per heavy atom. The third kappa shape index (κ3) is 2.15. The second-order valence-electron chi connectivity index (χ2n) is 4.75. The number of aromatic amines is 1. The van der Waals surface area contributed by atoms with Crippen molar-refractivity contribution in [3.63, 3.8) is 0 Å². The number of aromatic nitrogens is 3. The van der Waals surface area contributed by atoms with Crippen molar-refractivity contribution >= 4 is 49.4 Å². The van der Waals surface area contributed by atoms with Crippen LogP contribution in [0.2, 0.25) is 0 Å². The van der Waals surface area contributed by atoms with Crippen molar-refractivity contribution in [2.45, 2.75) is 0 Å². The van der Waals surface area contributed by atoms with Crippen LogP contribution in [0.4, 0.5) is 11.5 Å². The highest BCUT2D eigenvalue weighted by Gasteiger charge is 2.10. The summed E-state index contributed by atoms with van der Waals surface area (Å²) in [6, 6.07) is 16.1. The second kappa shape index (κ2) is 4.86. The van der Waals surface area contributed by atoms with Crippen molar-refractivity contribution in [1.29, 1.82) is 0 Å². The zero-order valence-corrected chi connectivity index (χ0v) is 12.6. The Hall–Kier alpha value is -2.40. The molecule has 2 aromatic carbocycles. The van der Waals surface area contributed by atoms with Gasteiger partial charge in [-0.3, -0.25) is 0 Å². The van der Waals surface area contributed by atoms with Crippen LogP contribution >= 0.6 is 15.9 Å². The second-order valence-corrected chi connectivity index (χ2v) is 5.67. The summed E-state index contributed by atoms with van der Waals surface area (Å²) >= 11 is 3.47. The molecule has 2 N–H and O–H groups in total. The van der Waals surface area contributed by atoms with Gasteiger partial charge in [-0.05, 0) is 24.3 Å². The maximum absolute atomic E-state index is 4.40. The molecule has 102 valence electrons. The van der Waals surface area contributed by atoms with Crippen LogP contribution in [0.5, 0.6) is 0 Å². The van der Waals surface area contributed by atoms with Crippen LogP contribution in [0.15, 0.2) is 59.3 Å². The quantitative estimate of drug-likeness (QED) is 0.560. The van der Waals surface area contributed by atoms with E-state index in [0.717, 1.165) is 37.9 Å². The van der Waals surface area contributed by atoms with Crippen LogP contribution in [0.25, 0.3) is 21.9 Å². The molecule has 0 saturated heterocycles. The van der Waals surface area contributed by atoms with E-state index < -0.39 is 0 Å². The number of fused-ring (bicyclic) bond motifs is 3. The molecule has 0 aliphatic carbocycles. The van der Waals surface area contributed by atoms with Crippen molar-refractivity contribution < 1.29 is 0 Å². The van der Waals surface area contributed by atoms with Gasteiger partial charge in [0.2, 0.25) is 0 Å². The highest BCUT2D eigenvalue weighted by Crippen LogP contribution is 2.29. The lowest BCUT2D eigenvalue weighted by Crippen LogP contribution is -1.95. The number of rotatable bonds is 2. The zero-order valence-electron chi connectivity index (χ0n) is 11.0. The fourth-order valence-corrected chi connectivity index (χ4v) is 2.84. The molecule has 0 unspecified atom stereocenters. The van der Waals surface area contributed by atoms with Gasteiger partial charge in [0.15, 0.2) is 5.82 Å². The molecule has 0 fully saturated rings. The molecule has 0 amide bonds. The van der Waals surface area contributed by atoms with Crippen molar-refractivity contribution in [1.82, 2.24) is 15.0 Å². The van der Waals surface area contributed by atoms with Gasteiger partial charge in [-0.25, -0.2) is 9.97 Å². The summed E-state index contributed by atoms with van der Waals surface area (Å²) in [4.78, 5) is 12.1. The van der Waals surface area contributed by atoms with E-state index in [1.165, 1.54) is 0 Å². The standard InChI is InChI=1S/C16H11BrN4/c17-10-4-3-5-11(8-10)20-16-15-14(18-9-19-16)12-6-1-2-7-13(12)21-15/h1-9,21H,(H,18,19,20). The Morgan fingerprint density at radius 1 is 1.00 bits per heavy atom. The van der Waals surface area contributed by atoms with E-state index in [0.29, 0.717) is 0 Å². The highest BCUT2D eigenvalue weighted by molar-refractivity contribution is 9.10.